The lowest BCUT2D eigenvalue weighted by molar-refractivity contribution is 0.794. The molecule has 2 aliphatic rings. The lowest BCUT2D eigenvalue weighted by Crippen LogP contribution is -2.26. The summed E-state index contributed by atoms with van der Waals surface area (Å²) < 4.78 is 0. The average Bonchev–Trinajstić information content (AvgIpc) is 3.84. The molecule has 0 saturated heterocycles. The van der Waals surface area contributed by atoms with Crippen LogP contribution in [0.2, 0.25) is 0 Å². The summed E-state index contributed by atoms with van der Waals surface area (Å²) in [6, 6.07) is 92.1. The number of fused-ring (bicyclic) bond motifs is 12. The van der Waals surface area contributed by atoms with Gasteiger partial charge < -0.3 is 4.90 Å². The highest BCUT2D eigenvalue weighted by atomic mass is 15.1. The SMILES string of the molecule is c1cc(-c2ccc3ccccc3c2)cc(N(c2ccc(-c3ccccc3-c3ccc4ccccc4c3)cc2)c2cccc3c2-c2ccccc2C32c3ccccc3-c3ccccc32)c1. The highest BCUT2D eigenvalue weighted by Crippen LogP contribution is 2.64. The van der Waals surface area contributed by atoms with Crippen molar-refractivity contribution in [2.24, 2.45) is 0 Å². The predicted octanol–water partition coefficient (Wildman–Crippen LogP) is 16.8. The summed E-state index contributed by atoms with van der Waals surface area (Å²) in [5.41, 5.74) is 20.6. The Balaban J connectivity index is 1.01. The zero-order valence-electron chi connectivity index (χ0n) is 35.1. The first-order valence-electron chi connectivity index (χ1n) is 22.2. The van der Waals surface area contributed by atoms with E-state index in [4.69, 9.17) is 0 Å². The normalized spacial score (nSPS) is 12.8. The van der Waals surface area contributed by atoms with Gasteiger partial charge in [0, 0.05) is 16.9 Å². The molecule has 1 spiro atoms. The molecular weight excluding hydrogens is 771 g/mol. The largest absolute Gasteiger partial charge is 0.310 e. The third kappa shape index (κ3) is 5.44. The van der Waals surface area contributed by atoms with Crippen molar-refractivity contribution in [3.8, 4) is 55.6 Å². The van der Waals surface area contributed by atoms with Crippen LogP contribution < -0.4 is 4.90 Å². The minimum atomic E-state index is -0.440. The topological polar surface area (TPSA) is 3.24 Å². The number of hydrogen-bond acceptors (Lipinski definition) is 1. The van der Waals surface area contributed by atoms with Crippen molar-refractivity contribution in [3.63, 3.8) is 0 Å². The summed E-state index contributed by atoms with van der Waals surface area (Å²) in [6.07, 6.45) is 0. The summed E-state index contributed by atoms with van der Waals surface area (Å²) >= 11 is 0. The number of rotatable bonds is 6. The molecule has 0 saturated carbocycles. The van der Waals surface area contributed by atoms with E-state index in [1.807, 2.05) is 0 Å². The van der Waals surface area contributed by atoms with Crippen LogP contribution in [0, 0.1) is 0 Å². The Morgan fingerprint density at radius 1 is 0.250 bits per heavy atom. The smallest absolute Gasteiger partial charge is 0.0726 e. The van der Waals surface area contributed by atoms with E-state index >= 15 is 0 Å². The van der Waals surface area contributed by atoms with Gasteiger partial charge in [0.05, 0.1) is 11.1 Å². The van der Waals surface area contributed by atoms with Crippen LogP contribution in [0.1, 0.15) is 22.3 Å². The molecule has 0 heterocycles. The Morgan fingerprint density at radius 3 is 1.36 bits per heavy atom. The summed E-state index contributed by atoms with van der Waals surface area (Å²) in [5, 5.41) is 4.98. The van der Waals surface area contributed by atoms with Gasteiger partial charge in [-0.2, -0.15) is 0 Å². The average molecular weight is 812 g/mol. The van der Waals surface area contributed by atoms with Crippen molar-refractivity contribution in [1.82, 2.24) is 0 Å². The molecule has 0 amide bonds. The van der Waals surface area contributed by atoms with Crippen molar-refractivity contribution >= 4 is 38.6 Å². The highest BCUT2D eigenvalue weighted by Gasteiger charge is 2.52. The quantitative estimate of drug-likeness (QED) is 0.162. The van der Waals surface area contributed by atoms with Gasteiger partial charge in [-0.25, -0.2) is 0 Å². The molecule has 0 N–H and O–H groups in total. The van der Waals surface area contributed by atoms with Crippen LogP contribution in [-0.2, 0) is 5.41 Å². The van der Waals surface area contributed by atoms with E-state index in [-0.39, 0.29) is 0 Å². The summed E-state index contributed by atoms with van der Waals surface area (Å²) in [4.78, 5) is 2.49. The minimum absolute atomic E-state index is 0.440. The van der Waals surface area contributed by atoms with E-state index in [1.54, 1.807) is 0 Å². The van der Waals surface area contributed by atoms with Gasteiger partial charge in [-0.15, -0.1) is 0 Å². The molecule has 11 aromatic carbocycles. The van der Waals surface area contributed by atoms with Crippen LogP contribution in [0.5, 0.6) is 0 Å². The zero-order valence-corrected chi connectivity index (χ0v) is 35.1. The Kier molecular flexibility index (Phi) is 8.20. The van der Waals surface area contributed by atoms with E-state index in [9.17, 15) is 0 Å². The summed E-state index contributed by atoms with van der Waals surface area (Å²) in [6.45, 7) is 0. The number of benzene rings is 11. The van der Waals surface area contributed by atoms with Crippen molar-refractivity contribution in [3.05, 3.63) is 271 Å². The van der Waals surface area contributed by atoms with Gasteiger partial charge in [0.15, 0.2) is 0 Å². The van der Waals surface area contributed by atoms with E-state index < -0.39 is 5.41 Å². The second kappa shape index (κ2) is 14.4. The maximum Gasteiger partial charge on any atom is 0.0726 e. The molecule has 64 heavy (non-hydrogen) atoms. The predicted molar refractivity (Wildman–Crippen MR) is 269 cm³/mol. The second-order valence-corrected chi connectivity index (χ2v) is 17.2. The molecule has 0 aliphatic heterocycles. The van der Waals surface area contributed by atoms with Gasteiger partial charge in [-0.1, -0.05) is 206 Å². The summed E-state index contributed by atoms with van der Waals surface area (Å²) in [7, 11) is 0. The highest BCUT2D eigenvalue weighted by molar-refractivity contribution is 6.02. The third-order valence-electron chi connectivity index (χ3n) is 13.9. The van der Waals surface area contributed by atoms with Gasteiger partial charge in [-0.05, 0) is 136 Å². The van der Waals surface area contributed by atoms with Crippen molar-refractivity contribution in [2.75, 3.05) is 4.90 Å². The lowest BCUT2D eigenvalue weighted by Gasteiger charge is -2.32. The number of nitrogens with zero attached hydrogens (tertiary/aromatic N) is 1. The van der Waals surface area contributed by atoms with Crippen LogP contribution in [0.3, 0.4) is 0 Å². The Labute approximate surface area is 373 Å². The van der Waals surface area contributed by atoms with Gasteiger partial charge >= 0.3 is 0 Å². The molecule has 1 heteroatoms. The minimum Gasteiger partial charge on any atom is -0.310 e. The van der Waals surface area contributed by atoms with Crippen LogP contribution in [-0.4, -0.2) is 0 Å². The molecule has 0 bridgehead atoms. The van der Waals surface area contributed by atoms with Crippen LogP contribution in [0.15, 0.2) is 249 Å². The van der Waals surface area contributed by atoms with Crippen molar-refractivity contribution in [1.29, 1.82) is 0 Å². The fourth-order valence-electron chi connectivity index (χ4n) is 11.1. The molecule has 13 rings (SSSR count). The lowest BCUT2D eigenvalue weighted by atomic mass is 9.70. The van der Waals surface area contributed by atoms with E-state index in [0.717, 1.165) is 17.1 Å². The molecule has 0 radical (unpaired) electrons. The molecule has 0 aromatic heterocycles. The van der Waals surface area contributed by atoms with E-state index in [0.29, 0.717) is 0 Å². The Hall–Kier alpha value is -8.26. The first kappa shape index (κ1) is 36.4. The third-order valence-corrected chi connectivity index (χ3v) is 13.9. The number of anilines is 3. The fraction of sp³-hybridized carbons (Fsp3) is 0.0159. The van der Waals surface area contributed by atoms with Gasteiger partial charge in [-0.3, -0.25) is 0 Å². The molecular formula is C63H41N. The Bertz CT molecular complexity index is 3590. The monoisotopic (exact) mass is 811 g/mol. The first-order valence-corrected chi connectivity index (χ1v) is 22.2. The second-order valence-electron chi connectivity index (χ2n) is 17.2. The molecule has 0 atom stereocenters. The molecule has 11 aromatic rings. The molecule has 2 aliphatic carbocycles. The number of hydrogen-bond donors (Lipinski definition) is 0. The summed E-state index contributed by atoms with van der Waals surface area (Å²) in [5.74, 6) is 0. The molecule has 0 fully saturated rings. The molecule has 1 nitrogen and oxygen atoms in total. The zero-order chi connectivity index (χ0) is 42.2. The fourth-order valence-corrected chi connectivity index (χ4v) is 11.1. The Morgan fingerprint density at radius 2 is 0.703 bits per heavy atom. The van der Waals surface area contributed by atoms with Gasteiger partial charge in [0.25, 0.3) is 0 Å². The van der Waals surface area contributed by atoms with Crippen LogP contribution in [0.25, 0.3) is 77.2 Å². The maximum atomic E-state index is 2.49. The van der Waals surface area contributed by atoms with Crippen molar-refractivity contribution in [2.45, 2.75) is 5.41 Å². The first-order chi connectivity index (χ1) is 31.7. The van der Waals surface area contributed by atoms with Gasteiger partial charge in [0.2, 0.25) is 0 Å². The van der Waals surface area contributed by atoms with Gasteiger partial charge in [0.1, 0.15) is 0 Å². The van der Waals surface area contributed by atoms with Crippen LogP contribution >= 0.6 is 0 Å². The van der Waals surface area contributed by atoms with Crippen molar-refractivity contribution < 1.29 is 0 Å². The maximum absolute atomic E-state index is 2.49. The molecule has 0 unspecified atom stereocenters. The van der Waals surface area contributed by atoms with E-state index in [1.165, 1.54) is 99.4 Å². The molecule has 298 valence electrons. The van der Waals surface area contributed by atoms with Crippen LogP contribution in [0.4, 0.5) is 17.1 Å². The van der Waals surface area contributed by atoms with E-state index in [2.05, 4.69) is 254 Å². The standard InChI is InChI=1S/C63H41N/c1-3-17-45-39-48(33-31-42(45)15-1)47-19-13-20-51(41-47)64(50-37-35-44(36-38-50)52-21-5-6-22-53(52)49-34-32-43-16-2-4-18-46(43)40-49)61-30-14-29-60-62(61)56-25-9-12-28-59(56)63(60)57-26-10-7-23-54(57)55-24-8-11-27-58(55)63/h1-41H.